The molecule has 1 aliphatic heterocycles. The number of terminal acetylenes is 1. The fourth-order valence-corrected chi connectivity index (χ4v) is 5.56. The van der Waals surface area contributed by atoms with Crippen LogP contribution in [0.4, 0.5) is 4.39 Å². The van der Waals surface area contributed by atoms with Crippen LogP contribution in [0.5, 0.6) is 0 Å². The van der Waals surface area contributed by atoms with E-state index in [4.69, 9.17) is 9.94 Å². The van der Waals surface area contributed by atoms with E-state index in [1.807, 2.05) is 32.1 Å². The quantitative estimate of drug-likeness (QED) is 0.153. The summed E-state index contributed by atoms with van der Waals surface area (Å²) in [6, 6.07) is 0. The van der Waals surface area contributed by atoms with Crippen molar-refractivity contribution in [1.82, 2.24) is 5.32 Å². The number of nitrogens with one attached hydrogen (secondary N) is 1. The van der Waals surface area contributed by atoms with E-state index in [0.29, 0.717) is 12.3 Å². The fraction of sp³-hybridized carbons (Fsp3) is 0.515. The van der Waals surface area contributed by atoms with E-state index in [2.05, 4.69) is 50.2 Å². The Morgan fingerprint density at radius 2 is 2.05 bits per heavy atom. The lowest BCUT2D eigenvalue weighted by molar-refractivity contribution is -0.136. The number of rotatable bonds is 12. The van der Waals surface area contributed by atoms with Gasteiger partial charge >= 0.3 is 5.97 Å². The number of halogens is 1. The molecule has 2 aliphatic carbocycles. The van der Waals surface area contributed by atoms with Crippen molar-refractivity contribution >= 4 is 11.7 Å². The van der Waals surface area contributed by atoms with Gasteiger partial charge in [0.2, 0.25) is 0 Å². The van der Waals surface area contributed by atoms with Crippen molar-refractivity contribution in [3.8, 4) is 12.8 Å². The molecule has 6 heteroatoms. The average molecular weight is 537 g/mol. The van der Waals surface area contributed by atoms with Gasteiger partial charge in [0.15, 0.2) is 0 Å². The van der Waals surface area contributed by atoms with Gasteiger partial charge in [-0.05, 0) is 82.2 Å². The molecule has 0 aromatic carbocycles. The standard InChI is InChI=1S/C31H43FN2O3.C2H2/c1-6-24(18-29(35)36)9-8-21(3)28-19-31(7-2,37-34-28)14-15-33-20-25-16-22(4)30(23(5)17-25)26-10-12-27(32)13-11-26;1-2/h8-10,12-13,16,25-26,33H,6-7,11,14-15,17-20H2,1-5H3,(H,35,36);1-2H/b21-8+,24-9+;. The van der Waals surface area contributed by atoms with Crippen LogP contribution in [0.15, 0.2) is 75.3 Å². The lowest BCUT2D eigenvalue weighted by Gasteiger charge is -2.29. The second-order valence-corrected chi connectivity index (χ2v) is 10.7. The molecule has 0 spiro atoms. The van der Waals surface area contributed by atoms with Crippen LogP contribution < -0.4 is 5.32 Å². The lowest BCUT2D eigenvalue weighted by Crippen LogP contribution is -2.34. The van der Waals surface area contributed by atoms with Gasteiger partial charge in [-0.3, -0.25) is 4.79 Å². The summed E-state index contributed by atoms with van der Waals surface area (Å²) in [5.74, 6) is -0.208. The van der Waals surface area contributed by atoms with Gasteiger partial charge in [0.1, 0.15) is 11.4 Å². The molecule has 1 heterocycles. The van der Waals surface area contributed by atoms with E-state index in [9.17, 15) is 9.18 Å². The highest BCUT2D eigenvalue weighted by molar-refractivity contribution is 6.01. The molecule has 3 atom stereocenters. The Kier molecular flexibility index (Phi) is 12.7. The molecule has 0 saturated carbocycles. The number of hydrogen-bond acceptors (Lipinski definition) is 4. The van der Waals surface area contributed by atoms with E-state index in [-0.39, 0.29) is 23.8 Å². The van der Waals surface area contributed by atoms with Gasteiger partial charge < -0.3 is 15.3 Å². The molecule has 39 heavy (non-hydrogen) atoms. The predicted molar refractivity (Wildman–Crippen MR) is 159 cm³/mol. The van der Waals surface area contributed by atoms with Crippen LogP contribution in [-0.2, 0) is 9.63 Å². The summed E-state index contributed by atoms with van der Waals surface area (Å²) in [5.41, 5.74) is 6.65. The molecule has 212 valence electrons. The smallest absolute Gasteiger partial charge is 0.307 e. The maximum Gasteiger partial charge on any atom is 0.307 e. The summed E-state index contributed by atoms with van der Waals surface area (Å²) in [6.45, 7) is 12.3. The number of carboxylic acid groups (broad SMARTS) is 1. The molecule has 0 aromatic heterocycles. The van der Waals surface area contributed by atoms with Crippen LogP contribution in [-0.4, -0.2) is 35.5 Å². The molecule has 0 fully saturated rings. The number of nitrogens with zero attached hydrogens (tertiary/aromatic N) is 1. The molecule has 3 aliphatic rings. The van der Waals surface area contributed by atoms with Crippen molar-refractivity contribution in [2.24, 2.45) is 17.0 Å². The van der Waals surface area contributed by atoms with Crippen LogP contribution in [0.25, 0.3) is 0 Å². The van der Waals surface area contributed by atoms with E-state index < -0.39 is 5.97 Å². The first-order chi connectivity index (χ1) is 18.7. The highest BCUT2D eigenvalue weighted by Gasteiger charge is 2.37. The lowest BCUT2D eigenvalue weighted by atomic mass is 9.78. The van der Waals surface area contributed by atoms with Crippen molar-refractivity contribution < 1.29 is 19.1 Å². The Bertz CT molecular complexity index is 1120. The number of allylic oxidation sites excluding steroid dienone is 10. The zero-order chi connectivity index (χ0) is 29.0. The molecule has 0 amide bonds. The third-order valence-corrected chi connectivity index (χ3v) is 7.87. The Labute approximate surface area is 234 Å². The predicted octanol–water partition coefficient (Wildman–Crippen LogP) is 7.61. The number of carboxylic acids is 1. The van der Waals surface area contributed by atoms with Crippen molar-refractivity contribution in [1.29, 1.82) is 0 Å². The summed E-state index contributed by atoms with van der Waals surface area (Å²) < 4.78 is 13.4. The first kappa shape index (κ1) is 32.0. The second kappa shape index (κ2) is 15.4. The van der Waals surface area contributed by atoms with Gasteiger partial charge in [-0.2, -0.15) is 0 Å². The van der Waals surface area contributed by atoms with Gasteiger partial charge in [0.05, 0.1) is 12.1 Å². The number of aliphatic carboxylic acids is 1. The molecule has 0 radical (unpaired) electrons. The molecule has 0 saturated heterocycles. The Hall–Kier alpha value is -3.17. The van der Waals surface area contributed by atoms with E-state index in [1.165, 1.54) is 16.7 Å². The van der Waals surface area contributed by atoms with Gasteiger partial charge in [-0.15, -0.1) is 12.8 Å². The molecule has 3 rings (SSSR count). The number of carbonyl (C=O) groups is 1. The van der Waals surface area contributed by atoms with Crippen molar-refractivity contribution in [2.75, 3.05) is 13.1 Å². The first-order valence-electron chi connectivity index (χ1n) is 14.0. The number of hydrogen-bond donors (Lipinski definition) is 2. The van der Waals surface area contributed by atoms with Crippen LogP contribution in [0, 0.1) is 24.7 Å². The largest absolute Gasteiger partial charge is 0.481 e. The summed E-state index contributed by atoms with van der Waals surface area (Å²) >= 11 is 0. The maximum absolute atomic E-state index is 13.4. The molecular formula is C33H45FN2O3. The van der Waals surface area contributed by atoms with Gasteiger partial charge in [0, 0.05) is 25.3 Å². The third kappa shape index (κ3) is 9.21. The highest BCUT2D eigenvalue weighted by atomic mass is 19.1. The second-order valence-electron chi connectivity index (χ2n) is 10.7. The topological polar surface area (TPSA) is 70.9 Å². The van der Waals surface area contributed by atoms with Crippen LogP contribution >= 0.6 is 0 Å². The summed E-state index contributed by atoms with van der Waals surface area (Å²) in [5, 5.41) is 17.1. The van der Waals surface area contributed by atoms with Crippen LogP contribution in [0.2, 0.25) is 0 Å². The summed E-state index contributed by atoms with van der Waals surface area (Å²) in [4.78, 5) is 17.0. The van der Waals surface area contributed by atoms with Crippen molar-refractivity contribution in [3.05, 3.63) is 70.1 Å². The monoisotopic (exact) mass is 536 g/mol. The first-order valence-corrected chi connectivity index (χ1v) is 14.0. The van der Waals surface area contributed by atoms with Crippen molar-refractivity contribution in [3.63, 3.8) is 0 Å². The van der Waals surface area contributed by atoms with Gasteiger partial charge in [0.25, 0.3) is 0 Å². The molecule has 0 bridgehead atoms. The van der Waals surface area contributed by atoms with E-state index in [1.54, 1.807) is 12.2 Å². The van der Waals surface area contributed by atoms with E-state index in [0.717, 1.165) is 62.1 Å². The highest BCUT2D eigenvalue weighted by Crippen LogP contribution is 2.37. The Morgan fingerprint density at radius 3 is 2.64 bits per heavy atom. The third-order valence-electron chi connectivity index (χ3n) is 7.87. The van der Waals surface area contributed by atoms with Gasteiger partial charge in [-0.1, -0.05) is 60.0 Å². The average Bonchev–Trinajstić information content (AvgIpc) is 3.35. The molecular weight excluding hydrogens is 491 g/mol. The summed E-state index contributed by atoms with van der Waals surface area (Å²) in [7, 11) is 0. The van der Waals surface area contributed by atoms with E-state index >= 15 is 0 Å². The Morgan fingerprint density at radius 1 is 1.31 bits per heavy atom. The fourth-order valence-electron chi connectivity index (χ4n) is 5.56. The summed E-state index contributed by atoms with van der Waals surface area (Å²) in [6.07, 6.45) is 24.6. The van der Waals surface area contributed by atoms with Crippen molar-refractivity contribution in [2.45, 2.75) is 85.2 Å². The minimum atomic E-state index is -0.806. The zero-order valence-corrected chi connectivity index (χ0v) is 24.2. The molecule has 2 N–H and O–H groups in total. The van der Waals surface area contributed by atoms with Crippen LogP contribution in [0.3, 0.4) is 0 Å². The SMILES string of the molecule is C#C.CC/C(=C\C=C(/C)C1=NOC(CC)(CCNCC2C=C(C)C(C3C=CC(F)=CC3)=C(C)C2)C1)CC(=O)O. The zero-order valence-electron chi connectivity index (χ0n) is 24.2. The molecule has 5 nitrogen and oxygen atoms in total. The minimum Gasteiger partial charge on any atom is -0.481 e. The maximum atomic E-state index is 13.4. The molecule has 0 aromatic rings. The van der Waals surface area contributed by atoms with Crippen LogP contribution in [0.1, 0.15) is 79.6 Å². The normalized spacial score (nSPS) is 25.3. The van der Waals surface area contributed by atoms with Gasteiger partial charge in [-0.25, -0.2) is 4.39 Å². The minimum absolute atomic E-state index is 0.0646. The molecule has 3 unspecified atom stereocenters. The Balaban J connectivity index is 0.00000260. The number of oxime groups is 1.